The molecule has 2 N–H and O–H groups in total. The van der Waals surface area contributed by atoms with Gasteiger partial charge in [-0.1, -0.05) is 11.6 Å². The Morgan fingerprint density at radius 3 is 2.77 bits per heavy atom. The van der Waals surface area contributed by atoms with Crippen LogP contribution in [0.3, 0.4) is 0 Å². The minimum Gasteiger partial charge on any atom is -0.282 e. The Hall–Kier alpha value is -2.67. The third-order valence-corrected chi connectivity index (χ3v) is 3.48. The predicted octanol–water partition coefficient (Wildman–Crippen LogP) is 1.77. The molecule has 0 spiro atoms. The fourth-order valence-electron chi connectivity index (χ4n) is 2.07. The van der Waals surface area contributed by atoms with E-state index in [0.717, 1.165) is 0 Å². The molecule has 0 saturated carbocycles. The summed E-state index contributed by atoms with van der Waals surface area (Å²) < 4.78 is 2.96. The SMILES string of the molecule is CCn1ncc2c(=N)n(NC(=O)c3ccc(Cl)cc3)cnc21. The summed E-state index contributed by atoms with van der Waals surface area (Å²) in [4.78, 5) is 16.4. The van der Waals surface area contributed by atoms with E-state index in [1.54, 1.807) is 35.1 Å². The van der Waals surface area contributed by atoms with E-state index in [4.69, 9.17) is 17.0 Å². The van der Waals surface area contributed by atoms with Gasteiger partial charge in [-0.15, -0.1) is 0 Å². The number of amides is 1. The van der Waals surface area contributed by atoms with Crippen molar-refractivity contribution in [1.29, 1.82) is 5.41 Å². The van der Waals surface area contributed by atoms with Gasteiger partial charge in [0.1, 0.15) is 6.33 Å². The Balaban J connectivity index is 1.94. The highest BCUT2D eigenvalue weighted by Gasteiger charge is 2.10. The van der Waals surface area contributed by atoms with Gasteiger partial charge < -0.3 is 0 Å². The maximum Gasteiger partial charge on any atom is 0.270 e. The molecule has 0 saturated heterocycles. The van der Waals surface area contributed by atoms with Crippen LogP contribution in [0.2, 0.25) is 5.02 Å². The van der Waals surface area contributed by atoms with Crippen LogP contribution in [0.25, 0.3) is 11.0 Å². The van der Waals surface area contributed by atoms with Crippen LogP contribution in [0.5, 0.6) is 0 Å². The van der Waals surface area contributed by atoms with Crippen LogP contribution in [0.15, 0.2) is 36.8 Å². The van der Waals surface area contributed by atoms with Gasteiger partial charge in [-0.05, 0) is 31.2 Å². The van der Waals surface area contributed by atoms with E-state index in [1.165, 1.54) is 11.0 Å². The van der Waals surface area contributed by atoms with Crippen LogP contribution in [0, 0.1) is 5.41 Å². The molecule has 2 heterocycles. The lowest BCUT2D eigenvalue weighted by atomic mass is 10.2. The molecule has 0 fully saturated rings. The zero-order valence-corrected chi connectivity index (χ0v) is 12.5. The monoisotopic (exact) mass is 316 g/mol. The molecule has 22 heavy (non-hydrogen) atoms. The number of carbonyl (C=O) groups is 1. The van der Waals surface area contributed by atoms with Crippen molar-refractivity contribution in [2.75, 3.05) is 5.43 Å². The average Bonchev–Trinajstić information content (AvgIpc) is 2.94. The first kappa shape index (κ1) is 14.3. The standard InChI is InChI=1S/C14H13ClN6O/c1-2-20-13-11(7-18-20)12(16)21(8-17-13)19-14(22)9-3-5-10(15)6-4-9/h3-8,16H,2H2,1H3,(H,19,22). The number of halogens is 1. The van der Waals surface area contributed by atoms with Crippen LogP contribution in [0.1, 0.15) is 17.3 Å². The van der Waals surface area contributed by atoms with Gasteiger partial charge in [0.15, 0.2) is 11.1 Å². The smallest absolute Gasteiger partial charge is 0.270 e. The number of hydrogen-bond acceptors (Lipinski definition) is 4. The van der Waals surface area contributed by atoms with Gasteiger partial charge in [0.25, 0.3) is 5.91 Å². The highest BCUT2D eigenvalue weighted by molar-refractivity contribution is 6.30. The van der Waals surface area contributed by atoms with Crippen molar-refractivity contribution >= 4 is 28.5 Å². The van der Waals surface area contributed by atoms with E-state index in [-0.39, 0.29) is 11.4 Å². The molecule has 0 aliphatic rings. The van der Waals surface area contributed by atoms with Crippen LogP contribution in [0.4, 0.5) is 0 Å². The molecule has 7 nitrogen and oxygen atoms in total. The molecular weight excluding hydrogens is 304 g/mol. The summed E-state index contributed by atoms with van der Waals surface area (Å²) in [5.74, 6) is -0.348. The zero-order valence-electron chi connectivity index (χ0n) is 11.7. The summed E-state index contributed by atoms with van der Waals surface area (Å²) in [6, 6.07) is 6.50. The van der Waals surface area contributed by atoms with E-state index >= 15 is 0 Å². The van der Waals surface area contributed by atoms with Gasteiger partial charge in [-0.2, -0.15) is 5.10 Å². The summed E-state index contributed by atoms with van der Waals surface area (Å²) in [6.07, 6.45) is 2.96. The second-order valence-corrected chi connectivity index (χ2v) is 5.05. The number of hydrogen-bond donors (Lipinski definition) is 2. The summed E-state index contributed by atoms with van der Waals surface area (Å²) in [7, 11) is 0. The number of rotatable bonds is 3. The molecule has 112 valence electrons. The Labute approximate surface area is 130 Å². The number of fused-ring (bicyclic) bond motifs is 1. The van der Waals surface area contributed by atoms with Crippen molar-refractivity contribution in [3.05, 3.63) is 52.9 Å². The van der Waals surface area contributed by atoms with Gasteiger partial charge in [-0.25, -0.2) is 14.3 Å². The molecule has 3 rings (SSSR count). The molecule has 0 atom stereocenters. The van der Waals surface area contributed by atoms with Crippen LogP contribution in [-0.4, -0.2) is 25.3 Å². The highest BCUT2D eigenvalue weighted by atomic mass is 35.5. The first-order valence-corrected chi connectivity index (χ1v) is 7.02. The number of nitrogens with one attached hydrogen (secondary N) is 2. The predicted molar refractivity (Wildman–Crippen MR) is 82.2 cm³/mol. The highest BCUT2D eigenvalue weighted by Crippen LogP contribution is 2.09. The van der Waals surface area contributed by atoms with E-state index in [9.17, 15) is 4.79 Å². The summed E-state index contributed by atoms with van der Waals surface area (Å²) in [5.41, 5.74) is 3.79. The molecule has 0 aliphatic heterocycles. The van der Waals surface area contributed by atoms with Gasteiger partial charge in [0.05, 0.1) is 11.6 Å². The molecule has 1 aromatic carbocycles. The van der Waals surface area contributed by atoms with Gasteiger partial charge >= 0.3 is 0 Å². The number of carbonyl (C=O) groups excluding carboxylic acids is 1. The van der Waals surface area contributed by atoms with E-state index in [1.807, 2.05) is 6.92 Å². The number of aryl methyl sites for hydroxylation is 1. The van der Waals surface area contributed by atoms with Crippen molar-refractivity contribution in [2.45, 2.75) is 13.5 Å². The lowest BCUT2D eigenvalue weighted by molar-refractivity contribution is 0.101. The van der Waals surface area contributed by atoms with E-state index < -0.39 is 0 Å². The average molecular weight is 317 g/mol. The van der Waals surface area contributed by atoms with Gasteiger partial charge in [-0.3, -0.25) is 15.6 Å². The Morgan fingerprint density at radius 1 is 1.36 bits per heavy atom. The molecule has 0 unspecified atom stereocenters. The van der Waals surface area contributed by atoms with Crippen molar-refractivity contribution in [3.8, 4) is 0 Å². The topological polar surface area (TPSA) is 88.6 Å². The van der Waals surface area contributed by atoms with Crippen LogP contribution < -0.4 is 10.9 Å². The Morgan fingerprint density at radius 2 is 2.09 bits per heavy atom. The maximum absolute atomic E-state index is 12.2. The Kier molecular flexibility index (Phi) is 3.64. The van der Waals surface area contributed by atoms with Crippen molar-refractivity contribution < 1.29 is 4.79 Å². The maximum atomic E-state index is 12.2. The third-order valence-electron chi connectivity index (χ3n) is 3.23. The molecule has 0 aliphatic carbocycles. The first-order chi connectivity index (χ1) is 10.6. The van der Waals surface area contributed by atoms with E-state index in [2.05, 4.69) is 15.5 Å². The molecule has 8 heteroatoms. The molecule has 0 bridgehead atoms. The fourth-order valence-corrected chi connectivity index (χ4v) is 2.20. The molecule has 0 radical (unpaired) electrons. The zero-order chi connectivity index (χ0) is 15.7. The minimum atomic E-state index is -0.348. The van der Waals surface area contributed by atoms with Crippen LogP contribution >= 0.6 is 11.6 Å². The first-order valence-electron chi connectivity index (χ1n) is 6.65. The minimum absolute atomic E-state index is 0.118. The molecular formula is C14H13ClN6O. The number of aromatic nitrogens is 4. The number of benzene rings is 1. The van der Waals surface area contributed by atoms with Gasteiger partial charge in [0, 0.05) is 17.1 Å². The Bertz CT molecular complexity index is 896. The number of nitrogens with zero attached hydrogens (tertiary/aromatic N) is 4. The normalized spacial score (nSPS) is 10.8. The summed E-state index contributed by atoms with van der Waals surface area (Å²) >= 11 is 5.80. The summed E-state index contributed by atoms with van der Waals surface area (Å²) in [6.45, 7) is 2.61. The molecule has 1 amide bonds. The third kappa shape index (κ3) is 2.46. The second-order valence-electron chi connectivity index (χ2n) is 4.61. The quantitative estimate of drug-likeness (QED) is 0.771. The van der Waals surface area contributed by atoms with Crippen molar-refractivity contribution in [3.63, 3.8) is 0 Å². The lowest BCUT2D eigenvalue weighted by Crippen LogP contribution is -2.33. The van der Waals surface area contributed by atoms with E-state index in [0.29, 0.717) is 28.2 Å². The molecule has 2 aromatic heterocycles. The van der Waals surface area contributed by atoms with Crippen molar-refractivity contribution in [1.82, 2.24) is 19.4 Å². The van der Waals surface area contributed by atoms with Gasteiger partial charge in [0.2, 0.25) is 0 Å². The van der Waals surface area contributed by atoms with Crippen molar-refractivity contribution in [2.24, 2.45) is 0 Å². The molecule has 3 aromatic rings. The lowest BCUT2D eigenvalue weighted by Gasteiger charge is -2.09. The second kappa shape index (κ2) is 5.61. The fraction of sp³-hybridized carbons (Fsp3) is 0.143. The summed E-state index contributed by atoms with van der Waals surface area (Å²) in [5, 5.41) is 13.4. The largest absolute Gasteiger partial charge is 0.282 e. The van der Waals surface area contributed by atoms with Crippen LogP contribution in [-0.2, 0) is 6.54 Å².